The molecule has 0 amide bonds. The minimum Gasteiger partial charge on any atom is -0.497 e. The number of hydrogen-bond acceptors (Lipinski definition) is 3. The van der Waals surface area contributed by atoms with Crippen molar-refractivity contribution >= 4 is 0 Å². The largest absolute Gasteiger partial charge is 0.497 e. The van der Waals surface area contributed by atoms with Gasteiger partial charge in [0, 0.05) is 12.6 Å². The third-order valence-corrected chi connectivity index (χ3v) is 2.71. The summed E-state index contributed by atoms with van der Waals surface area (Å²) in [4.78, 5) is 0. The van der Waals surface area contributed by atoms with Gasteiger partial charge < -0.3 is 15.2 Å². The molecule has 0 aromatic heterocycles. The van der Waals surface area contributed by atoms with Gasteiger partial charge >= 0.3 is 0 Å². The fraction of sp³-hybridized carbons (Fsp3) is 0.571. The first kappa shape index (κ1) is 14.0. The van der Waals surface area contributed by atoms with Crippen molar-refractivity contribution < 1.29 is 9.84 Å². The van der Waals surface area contributed by atoms with Crippen molar-refractivity contribution in [2.45, 2.75) is 38.8 Å². The molecule has 1 aromatic carbocycles. The van der Waals surface area contributed by atoms with Crippen molar-refractivity contribution in [3.05, 3.63) is 29.8 Å². The molecule has 17 heavy (non-hydrogen) atoms. The zero-order valence-corrected chi connectivity index (χ0v) is 11.2. The molecule has 1 unspecified atom stereocenters. The molecule has 0 bridgehead atoms. The molecule has 0 spiro atoms. The number of benzene rings is 1. The minimum atomic E-state index is -0.681. The number of nitrogens with one attached hydrogen (secondary N) is 1. The van der Waals surface area contributed by atoms with E-state index in [1.54, 1.807) is 21.0 Å². The van der Waals surface area contributed by atoms with Crippen molar-refractivity contribution in [3.63, 3.8) is 0 Å². The van der Waals surface area contributed by atoms with Crippen LogP contribution < -0.4 is 10.1 Å². The van der Waals surface area contributed by atoms with Crippen LogP contribution >= 0.6 is 0 Å². The molecule has 1 atom stereocenters. The van der Waals surface area contributed by atoms with Crippen LogP contribution in [-0.2, 0) is 0 Å². The Bertz CT molecular complexity index is 327. The summed E-state index contributed by atoms with van der Waals surface area (Å²) in [5.41, 5.74) is 0.539. The minimum absolute atomic E-state index is 0.271. The van der Waals surface area contributed by atoms with Gasteiger partial charge in [-0.05, 0) is 38.0 Å². The van der Waals surface area contributed by atoms with Gasteiger partial charge in [-0.1, -0.05) is 19.1 Å². The van der Waals surface area contributed by atoms with Crippen molar-refractivity contribution in [2.24, 2.45) is 0 Å². The van der Waals surface area contributed by atoms with E-state index in [0.717, 1.165) is 12.2 Å². The monoisotopic (exact) mass is 237 g/mol. The number of methoxy groups -OCH3 is 1. The van der Waals surface area contributed by atoms with E-state index in [9.17, 15) is 5.11 Å². The molecule has 1 aromatic rings. The second kappa shape index (κ2) is 6.03. The Morgan fingerprint density at radius 3 is 2.29 bits per heavy atom. The number of hydrogen-bond donors (Lipinski definition) is 2. The maximum absolute atomic E-state index is 9.71. The lowest BCUT2D eigenvalue weighted by molar-refractivity contribution is 0.0762. The van der Waals surface area contributed by atoms with Crippen LogP contribution in [0.15, 0.2) is 24.3 Å². The highest BCUT2D eigenvalue weighted by atomic mass is 16.5. The highest BCUT2D eigenvalue weighted by molar-refractivity contribution is 5.29. The van der Waals surface area contributed by atoms with Gasteiger partial charge in [0.25, 0.3) is 0 Å². The molecule has 0 fully saturated rings. The van der Waals surface area contributed by atoms with Gasteiger partial charge in [-0.25, -0.2) is 0 Å². The van der Waals surface area contributed by atoms with Gasteiger partial charge in [-0.15, -0.1) is 0 Å². The first-order valence-corrected chi connectivity index (χ1v) is 6.06. The average molecular weight is 237 g/mol. The van der Waals surface area contributed by atoms with Gasteiger partial charge in [0.1, 0.15) is 5.75 Å². The summed E-state index contributed by atoms with van der Waals surface area (Å²) in [6, 6.07) is 8.31. The van der Waals surface area contributed by atoms with Gasteiger partial charge in [0.15, 0.2) is 0 Å². The van der Waals surface area contributed by atoms with E-state index in [1.165, 1.54) is 5.56 Å². The first-order valence-electron chi connectivity index (χ1n) is 6.06. The second-order valence-corrected chi connectivity index (χ2v) is 4.93. The van der Waals surface area contributed by atoms with Crippen LogP contribution in [0.4, 0.5) is 0 Å². The normalized spacial score (nSPS) is 13.5. The van der Waals surface area contributed by atoms with Crippen LogP contribution in [-0.4, -0.2) is 24.4 Å². The van der Waals surface area contributed by atoms with Crippen molar-refractivity contribution in [3.8, 4) is 5.75 Å². The molecule has 3 nitrogen and oxygen atoms in total. The van der Waals surface area contributed by atoms with Crippen molar-refractivity contribution in [1.82, 2.24) is 5.32 Å². The third-order valence-electron chi connectivity index (χ3n) is 2.71. The maximum atomic E-state index is 9.71. The van der Waals surface area contributed by atoms with E-state index < -0.39 is 5.60 Å². The summed E-state index contributed by atoms with van der Waals surface area (Å²) in [5, 5.41) is 13.1. The lowest BCUT2D eigenvalue weighted by Gasteiger charge is -2.23. The molecule has 0 saturated carbocycles. The van der Waals surface area contributed by atoms with Gasteiger partial charge in [-0.2, -0.15) is 0 Å². The zero-order chi connectivity index (χ0) is 12.9. The summed E-state index contributed by atoms with van der Waals surface area (Å²) in [7, 11) is 1.67. The predicted octanol–water partition coefficient (Wildman–Crippen LogP) is 2.51. The topological polar surface area (TPSA) is 41.5 Å². The molecule has 0 aliphatic heterocycles. The molecular formula is C14H23NO2. The summed E-state index contributed by atoms with van der Waals surface area (Å²) >= 11 is 0. The molecule has 0 aliphatic rings. The summed E-state index contributed by atoms with van der Waals surface area (Å²) in [5.74, 6) is 0.867. The summed E-state index contributed by atoms with van der Waals surface area (Å²) < 4.78 is 5.14. The Kier molecular flexibility index (Phi) is 4.97. The predicted molar refractivity (Wildman–Crippen MR) is 70.3 cm³/mol. The van der Waals surface area contributed by atoms with Crippen LogP contribution in [0, 0.1) is 0 Å². The molecule has 0 saturated heterocycles. The highest BCUT2D eigenvalue weighted by Gasteiger charge is 2.16. The average Bonchev–Trinajstić information content (AvgIpc) is 2.29. The Labute approximate surface area is 104 Å². The molecule has 0 radical (unpaired) electrons. The smallest absolute Gasteiger partial charge is 0.118 e. The van der Waals surface area contributed by atoms with Crippen LogP contribution in [0.25, 0.3) is 0 Å². The molecule has 96 valence electrons. The van der Waals surface area contributed by atoms with E-state index in [2.05, 4.69) is 24.4 Å². The molecular weight excluding hydrogens is 214 g/mol. The SMILES string of the molecule is CCC(NCC(C)(C)O)c1ccc(OC)cc1. The Balaban J connectivity index is 2.66. The summed E-state index contributed by atoms with van der Waals surface area (Å²) in [6.45, 7) is 6.32. The number of aliphatic hydroxyl groups is 1. The highest BCUT2D eigenvalue weighted by Crippen LogP contribution is 2.20. The lowest BCUT2D eigenvalue weighted by Crippen LogP contribution is -2.36. The third kappa shape index (κ3) is 4.75. The quantitative estimate of drug-likeness (QED) is 0.798. The molecule has 0 heterocycles. The Morgan fingerprint density at radius 2 is 1.88 bits per heavy atom. The Hall–Kier alpha value is -1.06. The van der Waals surface area contributed by atoms with Gasteiger partial charge in [-0.3, -0.25) is 0 Å². The van der Waals surface area contributed by atoms with Crippen LogP contribution in [0.3, 0.4) is 0 Å². The van der Waals surface area contributed by atoms with E-state index >= 15 is 0 Å². The van der Waals surface area contributed by atoms with Crippen LogP contribution in [0.5, 0.6) is 5.75 Å². The number of ether oxygens (including phenoxy) is 1. The Morgan fingerprint density at radius 1 is 1.29 bits per heavy atom. The van der Waals surface area contributed by atoms with Gasteiger partial charge in [0.2, 0.25) is 0 Å². The fourth-order valence-corrected chi connectivity index (χ4v) is 1.71. The maximum Gasteiger partial charge on any atom is 0.118 e. The fourth-order valence-electron chi connectivity index (χ4n) is 1.71. The number of rotatable bonds is 6. The van der Waals surface area contributed by atoms with E-state index in [4.69, 9.17) is 4.74 Å². The van der Waals surface area contributed by atoms with Gasteiger partial charge in [0.05, 0.1) is 12.7 Å². The molecule has 3 heteroatoms. The molecule has 2 N–H and O–H groups in total. The van der Waals surface area contributed by atoms with Crippen LogP contribution in [0.1, 0.15) is 38.8 Å². The molecule has 0 aliphatic carbocycles. The van der Waals surface area contributed by atoms with Crippen LogP contribution in [0.2, 0.25) is 0 Å². The second-order valence-electron chi connectivity index (χ2n) is 4.93. The standard InChI is InChI=1S/C14H23NO2/c1-5-13(15-10-14(2,3)16)11-6-8-12(17-4)9-7-11/h6-9,13,15-16H,5,10H2,1-4H3. The summed E-state index contributed by atoms with van der Waals surface area (Å²) in [6.07, 6.45) is 0.989. The molecule has 1 rings (SSSR count). The van der Waals surface area contributed by atoms with Crippen molar-refractivity contribution in [2.75, 3.05) is 13.7 Å². The first-order chi connectivity index (χ1) is 7.96. The lowest BCUT2D eigenvalue weighted by atomic mass is 10.0. The van der Waals surface area contributed by atoms with E-state index in [0.29, 0.717) is 6.54 Å². The van der Waals surface area contributed by atoms with Crippen molar-refractivity contribution in [1.29, 1.82) is 0 Å². The van der Waals surface area contributed by atoms with E-state index in [1.807, 2.05) is 12.1 Å². The zero-order valence-electron chi connectivity index (χ0n) is 11.2. The van der Waals surface area contributed by atoms with E-state index in [-0.39, 0.29) is 6.04 Å².